The molecule has 31 heavy (non-hydrogen) atoms. The quantitative estimate of drug-likeness (QED) is 0.336. The lowest BCUT2D eigenvalue weighted by Gasteiger charge is -2.28. The molecule has 2 aliphatic rings. The van der Waals surface area contributed by atoms with E-state index in [9.17, 15) is 30.3 Å². The van der Waals surface area contributed by atoms with Crippen molar-refractivity contribution in [2.75, 3.05) is 6.61 Å². The molecule has 172 valence electrons. The monoisotopic (exact) mass is 437 g/mol. The average molecular weight is 437 g/mol. The van der Waals surface area contributed by atoms with Gasteiger partial charge >= 0.3 is 0 Å². The summed E-state index contributed by atoms with van der Waals surface area (Å²) in [5.41, 5.74) is 0.407. The van der Waals surface area contributed by atoms with E-state index >= 15 is 0 Å². The Balaban J connectivity index is 1.67. The standard InChI is InChI=1S/C22H31NO8/c1-12(20(29)23-22(11-24)7-3-4-8-22)9-14-5-6-16(15(26)10-14)30-21-18(28)17(27)19(31-21)13(2)25/h5-6,9-10,13,17-19,21,24-28H,3-4,7-8,11H2,1-2H3,(H,23,29)/b12-9+/t13-,17-,18-,19+,21+/m0/s1. The second kappa shape index (κ2) is 9.54. The summed E-state index contributed by atoms with van der Waals surface area (Å²) in [6.45, 7) is 2.98. The molecule has 6 N–H and O–H groups in total. The zero-order chi connectivity index (χ0) is 22.8. The first-order chi connectivity index (χ1) is 14.7. The van der Waals surface area contributed by atoms with Gasteiger partial charge in [-0.1, -0.05) is 18.9 Å². The molecule has 0 unspecified atom stereocenters. The molecule has 5 atom stereocenters. The second-order valence-corrected chi connectivity index (χ2v) is 8.46. The molecule has 1 saturated carbocycles. The van der Waals surface area contributed by atoms with E-state index < -0.39 is 36.2 Å². The molecule has 0 spiro atoms. The van der Waals surface area contributed by atoms with Crippen molar-refractivity contribution >= 4 is 12.0 Å². The number of phenolic OH excluding ortho intramolecular Hbond substituents is 1. The van der Waals surface area contributed by atoms with E-state index in [0.717, 1.165) is 25.7 Å². The molecule has 0 radical (unpaired) electrons. The summed E-state index contributed by atoms with van der Waals surface area (Å²) in [5.74, 6) is -0.501. The number of hydrogen-bond donors (Lipinski definition) is 6. The van der Waals surface area contributed by atoms with Crippen molar-refractivity contribution in [1.82, 2.24) is 5.32 Å². The molecular formula is C22H31NO8. The van der Waals surface area contributed by atoms with E-state index in [2.05, 4.69) is 5.32 Å². The van der Waals surface area contributed by atoms with E-state index in [1.807, 2.05) is 0 Å². The van der Waals surface area contributed by atoms with E-state index in [0.29, 0.717) is 11.1 Å². The summed E-state index contributed by atoms with van der Waals surface area (Å²) < 4.78 is 10.8. The summed E-state index contributed by atoms with van der Waals surface area (Å²) >= 11 is 0. The molecule has 2 fully saturated rings. The van der Waals surface area contributed by atoms with Crippen molar-refractivity contribution in [3.05, 3.63) is 29.3 Å². The molecule has 3 rings (SSSR count). The topological polar surface area (TPSA) is 149 Å². The van der Waals surface area contributed by atoms with Crippen LogP contribution >= 0.6 is 0 Å². The molecule has 0 bridgehead atoms. The van der Waals surface area contributed by atoms with Crippen molar-refractivity contribution in [1.29, 1.82) is 0 Å². The summed E-state index contributed by atoms with van der Waals surface area (Å²) in [5, 5.41) is 52.5. The van der Waals surface area contributed by atoms with Crippen molar-refractivity contribution in [3.8, 4) is 11.5 Å². The maximum Gasteiger partial charge on any atom is 0.247 e. The minimum absolute atomic E-state index is 0.0203. The number of amides is 1. The van der Waals surface area contributed by atoms with Crippen LogP contribution in [0.25, 0.3) is 6.08 Å². The van der Waals surface area contributed by atoms with Crippen LogP contribution in [0.1, 0.15) is 45.1 Å². The van der Waals surface area contributed by atoms with E-state index in [1.54, 1.807) is 19.1 Å². The fourth-order valence-electron chi connectivity index (χ4n) is 4.05. The number of aliphatic hydroxyl groups excluding tert-OH is 4. The molecular weight excluding hydrogens is 406 g/mol. The van der Waals surface area contributed by atoms with Gasteiger partial charge < -0.3 is 40.3 Å². The predicted octanol–water partition coefficient (Wildman–Crippen LogP) is 0.423. The minimum Gasteiger partial charge on any atom is -0.504 e. The molecule has 1 aliphatic heterocycles. The third-order valence-corrected chi connectivity index (χ3v) is 5.94. The van der Waals surface area contributed by atoms with Gasteiger partial charge in [0, 0.05) is 5.57 Å². The maximum atomic E-state index is 12.5. The maximum absolute atomic E-state index is 12.5. The summed E-state index contributed by atoms with van der Waals surface area (Å²) in [6.07, 6.45) is -0.958. The van der Waals surface area contributed by atoms with E-state index in [-0.39, 0.29) is 24.0 Å². The van der Waals surface area contributed by atoms with Crippen molar-refractivity contribution in [3.63, 3.8) is 0 Å². The van der Waals surface area contributed by atoms with Gasteiger partial charge in [0.2, 0.25) is 12.2 Å². The smallest absolute Gasteiger partial charge is 0.247 e. The Morgan fingerprint density at radius 1 is 1.32 bits per heavy atom. The van der Waals surface area contributed by atoms with Gasteiger partial charge in [0.25, 0.3) is 0 Å². The van der Waals surface area contributed by atoms with Crippen LogP contribution in [0.5, 0.6) is 11.5 Å². The van der Waals surface area contributed by atoms with Gasteiger partial charge in [-0.05, 0) is 50.5 Å². The van der Waals surface area contributed by atoms with Crippen LogP contribution in [-0.2, 0) is 9.53 Å². The lowest BCUT2D eigenvalue weighted by molar-refractivity contribution is -0.129. The molecule has 1 amide bonds. The Bertz CT molecular complexity index is 818. The minimum atomic E-state index is -1.39. The van der Waals surface area contributed by atoms with Crippen LogP contribution in [0.15, 0.2) is 23.8 Å². The molecule has 1 saturated heterocycles. The Hall–Kier alpha value is -2.17. The SMILES string of the molecule is C/C(=C\c1ccc(O[C@@H]2O[C@H]([C@H](C)O)[C@@H](O)[C@@H]2O)c(O)c1)C(=O)NC1(CO)CCCC1. The molecule has 1 aromatic rings. The van der Waals surface area contributed by atoms with Crippen molar-refractivity contribution in [2.24, 2.45) is 0 Å². The molecule has 9 heteroatoms. The van der Waals surface area contributed by atoms with Crippen LogP contribution in [-0.4, -0.2) is 74.3 Å². The van der Waals surface area contributed by atoms with Gasteiger partial charge in [-0.2, -0.15) is 0 Å². The van der Waals surface area contributed by atoms with Crippen molar-refractivity contribution < 1.29 is 39.8 Å². The number of benzene rings is 1. The van der Waals surface area contributed by atoms with Gasteiger partial charge in [-0.3, -0.25) is 4.79 Å². The van der Waals surface area contributed by atoms with E-state index in [1.165, 1.54) is 19.1 Å². The third-order valence-electron chi connectivity index (χ3n) is 5.94. The van der Waals surface area contributed by atoms with Crippen LogP contribution < -0.4 is 10.1 Å². The van der Waals surface area contributed by atoms with Gasteiger partial charge in [0.15, 0.2) is 11.5 Å². The highest BCUT2D eigenvalue weighted by molar-refractivity contribution is 5.97. The number of carbonyl (C=O) groups is 1. The fourth-order valence-corrected chi connectivity index (χ4v) is 4.05. The molecule has 1 aliphatic carbocycles. The number of carbonyl (C=O) groups excluding carboxylic acids is 1. The number of phenols is 1. The average Bonchev–Trinajstić information content (AvgIpc) is 3.30. The third kappa shape index (κ3) is 5.19. The Morgan fingerprint density at radius 3 is 2.55 bits per heavy atom. The summed E-state index contributed by atoms with van der Waals surface area (Å²) in [6, 6.07) is 4.47. The fraction of sp³-hybridized carbons (Fsp3) is 0.591. The van der Waals surface area contributed by atoms with Gasteiger partial charge in [-0.15, -0.1) is 0 Å². The molecule has 9 nitrogen and oxygen atoms in total. The number of ether oxygens (including phenoxy) is 2. The Labute approximate surface area is 180 Å². The normalized spacial score (nSPS) is 29.0. The number of nitrogens with one attached hydrogen (secondary N) is 1. The number of hydrogen-bond acceptors (Lipinski definition) is 8. The van der Waals surface area contributed by atoms with Crippen LogP contribution in [0.3, 0.4) is 0 Å². The molecule has 0 aromatic heterocycles. The lowest BCUT2D eigenvalue weighted by atomic mass is 9.98. The highest BCUT2D eigenvalue weighted by Crippen LogP contribution is 2.33. The van der Waals surface area contributed by atoms with Gasteiger partial charge in [0.05, 0.1) is 18.2 Å². The van der Waals surface area contributed by atoms with Gasteiger partial charge in [-0.25, -0.2) is 0 Å². The Kier molecular flexibility index (Phi) is 7.23. The first kappa shape index (κ1) is 23.5. The highest BCUT2D eigenvalue weighted by atomic mass is 16.7. The first-order valence-corrected chi connectivity index (χ1v) is 10.5. The van der Waals surface area contributed by atoms with Crippen molar-refractivity contribution in [2.45, 2.75) is 75.8 Å². The predicted molar refractivity (Wildman–Crippen MR) is 111 cm³/mol. The van der Waals surface area contributed by atoms with Crippen LogP contribution in [0.2, 0.25) is 0 Å². The van der Waals surface area contributed by atoms with Crippen LogP contribution in [0.4, 0.5) is 0 Å². The summed E-state index contributed by atoms with van der Waals surface area (Å²) in [7, 11) is 0. The number of rotatable bonds is 7. The summed E-state index contributed by atoms with van der Waals surface area (Å²) in [4.78, 5) is 12.5. The molecule has 1 heterocycles. The lowest BCUT2D eigenvalue weighted by Crippen LogP contribution is -2.49. The Morgan fingerprint density at radius 2 is 2.00 bits per heavy atom. The van der Waals surface area contributed by atoms with Crippen LogP contribution in [0, 0.1) is 0 Å². The zero-order valence-corrected chi connectivity index (χ0v) is 17.7. The molecule has 1 aromatic carbocycles. The number of aromatic hydroxyl groups is 1. The first-order valence-electron chi connectivity index (χ1n) is 10.5. The van der Waals surface area contributed by atoms with Gasteiger partial charge in [0.1, 0.15) is 18.3 Å². The largest absolute Gasteiger partial charge is 0.504 e. The zero-order valence-electron chi connectivity index (χ0n) is 17.7. The number of aliphatic hydroxyl groups is 4. The van der Waals surface area contributed by atoms with E-state index in [4.69, 9.17) is 9.47 Å². The second-order valence-electron chi connectivity index (χ2n) is 8.46. The highest BCUT2D eigenvalue weighted by Gasteiger charge is 2.46.